The number of piperidine rings is 1. The Morgan fingerprint density at radius 2 is 2.26 bits per heavy atom. The van der Waals surface area contributed by atoms with Crippen molar-refractivity contribution in [2.24, 2.45) is 0 Å². The summed E-state index contributed by atoms with van der Waals surface area (Å²) < 4.78 is 7.19. The van der Waals surface area contributed by atoms with Gasteiger partial charge in [-0.2, -0.15) is 10.1 Å². The normalized spacial score (nSPS) is 18.6. The van der Waals surface area contributed by atoms with E-state index in [1.807, 2.05) is 25.7 Å². The monoisotopic (exact) mass is 317 g/mol. The second-order valence-corrected chi connectivity index (χ2v) is 6.24. The number of hydrogen-bond acceptors (Lipinski definition) is 5. The van der Waals surface area contributed by atoms with Gasteiger partial charge >= 0.3 is 0 Å². The van der Waals surface area contributed by atoms with Crippen molar-refractivity contribution in [1.82, 2.24) is 24.8 Å². The minimum atomic E-state index is -0.138. The predicted molar refractivity (Wildman–Crippen MR) is 83.9 cm³/mol. The average molecular weight is 317 g/mol. The van der Waals surface area contributed by atoms with Gasteiger partial charge in [0, 0.05) is 25.2 Å². The average Bonchev–Trinajstić information content (AvgIpc) is 3.23. The second kappa shape index (κ2) is 6.52. The molecule has 0 bridgehead atoms. The second-order valence-electron chi connectivity index (χ2n) is 6.24. The number of rotatable bonds is 4. The molecule has 0 saturated carbocycles. The molecule has 2 aromatic rings. The van der Waals surface area contributed by atoms with Crippen LogP contribution < -0.4 is 0 Å². The van der Waals surface area contributed by atoms with E-state index in [1.165, 1.54) is 0 Å². The van der Waals surface area contributed by atoms with Crippen molar-refractivity contribution in [3.8, 4) is 0 Å². The standard InChI is InChI=1S/C16H23N5O2/c1-4-20-10-12(9-17-20)16(22)21-8-6-5-7-13(21)15-18-14(11(2)3)19-23-15/h9-11,13H,4-8H2,1-3H3. The lowest BCUT2D eigenvalue weighted by atomic mass is 10.0. The van der Waals surface area contributed by atoms with Gasteiger partial charge in [0.15, 0.2) is 5.82 Å². The summed E-state index contributed by atoms with van der Waals surface area (Å²) in [4.78, 5) is 19.2. The lowest BCUT2D eigenvalue weighted by Crippen LogP contribution is -2.38. The van der Waals surface area contributed by atoms with Crippen LogP contribution in [0.25, 0.3) is 0 Å². The zero-order chi connectivity index (χ0) is 16.4. The van der Waals surface area contributed by atoms with Crippen LogP contribution in [0.15, 0.2) is 16.9 Å². The molecule has 1 aliphatic heterocycles. The van der Waals surface area contributed by atoms with Crippen molar-refractivity contribution >= 4 is 5.91 Å². The molecule has 0 N–H and O–H groups in total. The molecule has 7 heteroatoms. The Labute approximate surface area is 135 Å². The van der Waals surface area contributed by atoms with Gasteiger partial charge in [-0.05, 0) is 26.2 Å². The maximum absolute atomic E-state index is 12.8. The molecule has 1 fully saturated rings. The van der Waals surface area contributed by atoms with Crippen LogP contribution in [-0.2, 0) is 6.54 Å². The van der Waals surface area contributed by atoms with Gasteiger partial charge in [0.25, 0.3) is 5.91 Å². The number of aryl methyl sites for hydroxylation is 1. The van der Waals surface area contributed by atoms with Crippen molar-refractivity contribution in [1.29, 1.82) is 0 Å². The highest BCUT2D eigenvalue weighted by Crippen LogP contribution is 2.31. The first-order valence-electron chi connectivity index (χ1n) is 8.27. The zero-order valence-electron chi connectivity index (χ0n) is 13.9. The van der Waals surface area contributed by atoms with Crippen molar-refractivity contribution in [2.75, 3.05) is 6.54 Å². The Bertz CT molecular complexity index is 676. The predicted octanol–water partition coefficient (Wildman–Crippen LogP) is 2.78. The van der Waals surface area contributed by atoms with E-state index in [-0.39, 0.29) is 17.9 Å². The number of amides is 1. The maximum Gasteiger partial charge on any atom is 0.257 e. The van der Waals surface area contributed by atoms with Crippen molar-refractivity contribution < 1.29 is 9.32 Å². The summed E-state index contributed by atoms with van der Waals surface area (Å²) in [5, 5.41) is 8.23. The van der Waals surface area contributed by atoms with E-state index in [1.54, 1.807) is 17.1 Å². The van der Waals surface area contributed by atoms with Gasteiger partial charge in [-0.1, -0.05) is 19.0 Å². The maximum atomic E-state index is 12.8. The molecule has 0 spiro atoms. The minimum Gasteiger partial charge on any atom is -0.337 e. The highest BCUT2D eigenvalue weighted by molar-refractivity contribution is 5.94. The SMILES string of the molecule is CCn1cc(C(=O)N2CCCCC2c2nc(C(C)C)no2)cn1. The van der Waals surface area contributed by atoms with Crippen LogP contribution in [-0.4, -0.2) is 37.3 Å². The van der Waals surface area contributed by atoms with E-state index in [4.69, 9.17) is 4.52 Å². The Kier molecular flexibility index (Phi) is 4.45. The molecular weight excluding hydrogens is 294 g/mol. The molecule has 23 heavy (non-hydrogen) atoms. The molecule has 3 heterocycles. The lowest BCUT2D eigenvalue weighted by molar-refractivity contribution is 0.0561. The zero-order valence-corrected chi connectivity index (χ0v) is 13.9. The largest absolute Gasteiger partial charge is 0.337 e. The third-order valence-corrected chi connectivity index (χ3v) is 4.23. The van der Waals surface area contributed by atoms with Crippen LogP contribution in [0.3, 0.4) is 0 Å². The van der Waals surface area contributed by atoms with E-state index < -0.39 is 0 Å². The molecule has 2 aromatic heterocycles. The van der Waals surface area contributed by atoms with Gasteiger partial charge in [0.1, 0.15) is 6.04 Å². The van der Waals surface area contributed by atoms with Crippen LogP contribution >= 0.6 is 0 Å². The van der Waals surface area contributed by atoms with E-state index in [0.717, 1.165) is 25.8 Å². The summed E-state index contributed by atoms with van der Waals surface area (Å²) in [6.07, 6.45) is 6.33. The molecule has 0 radical (unpaired) electrons. The first-order chi connectivity index (χ1) is 11.1. The number of carbonyl (C=O) groups is 1. The first kappa shape index (κ1) is 15.7. The summed E-state index contributed by atoms with van der Waals surface area (Å²) in [5.41, 5.74) is 0.613. The smallest absolute Gasteiger partial charge is 0.257 e. The molecule has 1 amide bonds. The molecular formula is C16H23N5O2. The van der Waals surface area contributed by atoms with Crippen molar-refractivity contribution in [2.45, 2.75) is 58.5 Å². The Balaban J connectivity index is 1.84. The van der Waals surface area contributed by atoms with Crippen LogP contribution in [0, 0.1) is 0 Å². The molecule has 7 nitrogen and oxygen atoms in total. The number of nitrogens with zero attached hydrogens (tertiary/aromatic N) is 5. The Hall–Kier alpha value is -2.18. The molecule has 1 unspecified atom stereocenters. The molecule has 0 aromatic carbocycles. The van der Waals surface area contributed by atoms with E-state index in [9.17, 15) is 4.79 Å². The minimum absolute atomic E-state index is 0.0151. The highest BCUT2D eigenvalue weighted by atomic mass is 16.5. The van der Waals surface area contributed by atoms with E-state index >= 15 is 0 Å². The number of aromatic nitrogens is 4. The van der Waals surface area contributed by atoms with Gasteiger partial charge in [0.05, 0.1) is 11.8 Å². The van der Waals surface area contributed by atoms with Crippen LogP contribution in [0.5, 0.6) is 0 Å². The topological polar surface area (TPSA) is 77.0 Å². The molecule has 124 valence electrons. The van der Waals surface area contributed by atoms with Gasteiger partial charge in [-0.25, -0.2) is 0 Å². The molecule has 1 saturated heterocycles. The Morgan fingerprint density at radius 1 is 1.43 bits per heavy atom. The summed E-state index contributed by atoms with van der Waals surface area (Å²) in [7, 11) is 0. The summed E-state index contributed by atoms with van der Waals surface area (Å²) >= 11 is 0. The summed E-state index contributed by atoms with van der Waals surface area (Å²) in [6.45, 7) is 7.50. The number of likely N-dealkylation sites (tertiary alicyclic amines) is 1. The van der Waals surface area contributed by atoms with Crippen LogP contribution in [0.4, 0.5) is 0 Å². The first-order valence-corrected chi connectivity index (χ1v) is 8.27. The fraction of sp³-hybridized carbons (Fsp3) is 0.625. The quantitative estimate of drug-likeness (QED) is 0.866. The highest BCUT2D eigenvalue weighted by Gasteiger charge is 2.33. The number of hydrogen-bond donors (Lipinski definition) is 0. The van der Waals surface area contributed by atoms with Gasteiger partial charge in [0.2, 0.25) is 5.89 Å². The van der Waals surface area contributed by atoms with Crippen molar-refractivity contribution in [3.05, 3.63) is 29.7 Å². The molecule has 1 atom stereocenters. The van der Waals surface area contributed by atoms with Gasteiger partial charge in [-0.15, -0.1) is 0 Å². The van der Waals surface area contributed by atoms with Crippen LogP contribution in [0.1, 0.15) is 74.1 Å². The molecule has 3 rings (SSSR count). The summed E-state index contributed by atoms with van der Waals surface area (Å²) in [5.74, 6) is 1.43. The fourth-order valence-electron chi connectivity index (χ4n) is 2.86. The van der Waals surface area contributed by atoms with Gasteiger partial charge in [-0.3, -0.25) is 9.48 Å². The summed E-state index contributed by atoms with van der Waals surface area (Å²) in [6, 6.07) is -0.138. The fourth-order valence-corrected chi connectivity index (χ4v) is 2.86. The molecule has 1 aliphatic rings. The Morgan fingerprint density at radius 3 is 2.91 bits per heavy atom. The van der Waals surface area contributed by atoms with E-state index in [2.05, 4.69) is 15.2 Å². The van der Waals surface area contributed by atoms with Crippen LogP contribution in [0.2, 0.25) is 0 Å². The number of carbonyl (C=O) groups excluding carboxylic acids is 1. The van der Waals surface area contributed by atoms with E-state index in [0.29, 0.717) is 23.8 Å². The third kappa shape index (κ3) is 3.13. The van der Waals surface area contributed by atoms with Crippen molar-refractivity contribution in [3.63, 3.8) is 0 Å². The third-order valence-electron chi connectivity index (χ3n) is 4.23. The van der Waals surface area contributed by atoms with Gasteiger partial charge < -0.3 is 9.42 Å². The molecule has 0 aliphatic carbocycles. The lowest BCUT2D eigenvalue weighted by Gasteiger charge is -2.33.